The molecule has 0 fully saturated rings. The molecule has 1 atom stereocenters. The minimum absolute atomic E-state index is 0.0231. The normalized spacial score (nSPS) is 12.1. The highest BCUT2D eigenvalue weighted by atomic mass is 16.6. The third-order valence-electron chi connectivity index (χ3n) is 2.75. The summed E-state index contributed by atoms with van der Waals surface area (Å²) < 4.78 is 5.19. The molecule has 0 saturated carbocycles. The van der Waals surface area contributed by atoms with E-state index in [1.807, 2.05) is 0 Å². The maximum Gasteiger partial charge on any atom is 0.292 e. The van der Waals surface area contributed by atoms with Gasteiger partial charge in [-0.2, -0.15) is 0 Å². The van der Waals surface area contributed by atoms with Crippen molar-refractivity contribution in [3.8, 4) is 0 Å². The molecule has 1 heterocycles. The van der Waals surface area contributed by atoms with E-state index in [0.29, 0.717) is 11.4 Å². The van der Waals surface area contributed by atoms with Crippen LogP contribution in [-0.4, -0.2) is 16.6 Å². The standard InChI is InChI=1S/C13H14N2O4/c1-9-4-5-10(12(7-9)15(17)18)14-11(8-16)13-3-2-6-19-13/h2-7,11,14,16H,8H2,1H3. The second-order valence-electron chi connectivity index (χ2n) is 4.17. The van der Waals surface area contributed by atoms with Gasteiger partial charge in [0.15, 0.2) is 0 Å². The van der Waals surface area contributed by atoms with Crippen molar-refractivity contribution in [3.63, 3.8) is 0 Å². The molecule has 0 radical (unpaired) electrons. The van der Waals surface area contributed by atoms with Gasteiger partial charge in [-0.1, -0.05) is 6.07 Å². The Hall–Kier alpha value is -2.34. The molecule has 0 saturated heterocycles. The molecule has 0 amide bonds. The zero-order valence-corrected chi connectivity index (χ0v) is 10.4. The van der Waals surface area contributed by atoms with Crippen LogP contribution in [0.25, 0.3) is 0 Å². The number of nitro benzene ring substituents is 1. The molecule has 1 aromatic heterocycles. The van der Waals surface area contributed by atoms with Crippen LogP contribution in [0.1, 0.15) is 17.4 Å². The first-order chi connectivity index (χ1) is 9.11. The Labute approximate surface area is 109 Å². The maximum absolute atomic E-state index is 11.0. The van der Waals surface area contributed by atoms with E-state index >= 15 is 0 Å². The van der Waals surface area contributed by atoms with Crippen molar-refractivity contribution in [2.24, 2.45) is 0 Å². The van der Waals surface area contributed by atoms with E-state index in [2.05, 4.69) is 5.32 Å². The Morgan fingerprint density at radius 1 is 1.47 bits per heavy atom. The lowest BCUT2D eigenvalue weighted by Gasteiger charge is -2.15. The second kappa shape index (κ2) is 5.53. The first kappa shape index (κ1) is 13.1. The van der Waals surface area contributed by atoms with Gasteiger partial charge >= 0.3 is 0 Å². The molecular weight excluding hydrogens is 248 g/mol. The van der Waals surface area contributed by atoms with Crippen molar-refractivity contribution in [2.45, 2.75) is 13.0 Å². The van der Waals surface area contributed by atoms with E-state index in [0.717, 1.165) is 5.56 Å². The highest BCUT2D eigenvalue weighted by molar-refractivity contribution is 5.63. The largest absolute Gasteiger partial charge is 0.467 e. The molecule has 100 valence electrons. The van der Waals surface area contributed by atoms with Gasteiger partial charge in [0.25, 0.3) is 5.69 Å². The third kappa shape index (κ3) is 2.92. The molecule has 1 aromatic carbocycles. The fourth-order valence-electron chi connectivity index (χ4n) is 1.80. The average Bonchev–Trinajstić information content (AvgIpc) is 2.90. The molecule has 0 aliphatic carbocycles. The molecule has 6 heteroatoms. The molecule has 0 spiro atoms. The summed E-state index contributed by atoms with van der Waals surface area (Å²) in [5.41, 5.74) is 1.13. The van der Waals surface area contributed by atoms with Gasteiger partial charge in [-0.05, 0) is 30.7 Å². The van der Waals surface area contributed by atoms with Gasteiger partial charge < -0.3 is 14.8 Å². The second-order valence-corrected chi connectivity index (χ2v) is 4.17. The molecule has 2 rings (SSSR count). The summed E-state index contributed by atoms with van der Waals surface area (Å²) in [6.45, 7) is 1.56. The highest BCUT2D eigenvalue weighted by Gasteiger charge is 2.19. The number of nitrogens with zero attached hydrogens (tertiary/aromatic N) is 1. The lowest BCUT2D eigenvalue weighted by molar-refractivity contribution is -0.384. The predicted molar refractivity (Wildman–Crippen MR) is 70.0 cm³/mol. The SMILES string of the molecule is Cc1ccc(NC(CO)c2ccco2)c([N+](=O)[O-])c1. The summed E-state index contributed by atoms with van der Waals surface area (Å²) in [6.07, 6.45) is 1.49. The summed E-state index contributed by atoms with van der Waals surface area (Å²) in [7, 11) is 0. The number of anilines is 1. The minimum Gasteiger partial charge on any atom is -0.467 e. The van der Waals surface area contributed by atoms with Crippen molar-refractivity contribution >= 4 is 11.4 Å². The molecule has 6 nitrogen and oxygen atoms in total. The summed E-state index contributed by atoms with van der Waals surface area (Å²) in [5.74, 6) is 0.525. The van der Waals surface area contributed by atoms with E-state index < -0.39 is 11.0 Å². The predicted octanol–water partition coefficient (Wildman–Crippen LogP) is 2.64. The average molecular weight is 262 g/mol. The summed E-state index contributed by atoms with van der Waals surface area (Å²) >= 11 is 0. The molecule has 2 aromatic rings. The number of furan rings is 1. The first-order valence-corrected chi connectivity index (χ1v) is 5.77. The number of benzene rings is 1. The molecule has 0 aliphatic heterocycles. The summed E-state index contributed by atoms with van der Waals surface area (Å²) in [4.78, 5) is 10.6. The number of nitrogens with one attached hydrogen (secondary N) is 1. The Bertz CT molecular complexity index is 566. The van der Waals surface area contributed by atoms with Crippen LogP contribution in [0.5, 0.6) is 0 Å². The number of hydrogen-bond donors (Lipinski definition) is 2. The zero-order chi connectivity index (χ0) is 13.8. The Morgan fingerprint density at radius 3 is 2.84 bits per heavy atom. The zero-order valence-electron chi connectivity index (χ0n) is 10.4. The minimum atomic E-state index is -0.517. The van der Waals surface area contributed by atoms with Crippen LogP contribution < -0.4 is 5.32 Å². The Balaban J connectivity index is 2.29. The third-order valence-corrected chi connectivity index (χ3v) is 2.75. The van der Waals surface area contributed by atoms with Crippen LogP contribution in [0.3, 0.4) is 0 Å². The smallest absolute Gasteiger partial charge is 0.292 e. The van der Waals surface area contributed by atoms with Crippen molar-refractivity contribution in [1.29, 1.82) is 0 Å². The number of hydrogen-bond acceptors (Lipinski definition) is 5. The van der Waals surface area contributed by atoms with Crippen molar-refractivity contribution in [2.75, 3.05) is 11.9 Å². The van der Waals surface area contributed by atoms with Gasteiger partial charge in [0, 0.05) is 6.07 Å². The van der Waals surface area contributed by atoms with Gasteiger partial charge in [0.1, 0.15) is 17.5 Å². The molecule has 2 N–H and O–H groups in total. The molecule has 0 bridgehead atoms. The highest BCUT2D eigenvalue weighted by Crippen LogP contribution is 2.29. The van der Waals surface area contributed by atoms with Gasteiger partial charge in [-0.15, -0.1) is 0 Å². The number of aliphatic hydroxyl groups excluding tert-OH is 1. The van der Waals surface area contributed by atoms with Crippen molar-refractivity contribution in [1.82, 2.24) is 0 Å². The fourth-order valence-corrected chi connectivity index (χ4v) is 1.80. The molecular formula is C13H14N2O4. The van der Waals surface area contributed by atoms with Gasteiger partial charge in [-0.3, -0.25) is 10.1 Å². The fraction of sp³-hybridized carbons (Fsp3) is 0.231. The molecule has 0 aliphatic rings. The van der Waals surface area contributed by atoms with Crippen LogP contribution in [0, 0.1) is 17.0 Å². The van der Waals surface area contributed by atoms with E-state index in [1.54, 1.807) is 31.2 Å². The Morgan fingerprint density at radius 2 is 2.26 bits per heavy atom. The topological polar surface area (TPSA) is 88.5 Å². The van der Waals surface area contributed by atoms with Gasteiger partial charge in [-0.25, -0.2) is 0 Å². The van der Waals surface area contributed by atoms with Crippen LogP contribution >= 0.6 is 0 Å². The lowest BCUT2D eigenvalue weighted by atomic mass is 10.1. The first-order valence-electron chi connectivity index (χ1n) is 5.77. The Kier molecular flexibility index (Phi) is 3.82. The monoisotopic (exact) mass is 262 g/mol. The lowest BCUT2D eigenvalue weighted by Crippen LogP contribution is -2.15. The van der Waals surface area contributed by atoms with Gasteiger partial charge in [0.05, 0.1) is 17.8 Å². The number of rotatable bonds is 5. The van der Waals surface area contributed by atoms with Crippen LogP contribution in [0.2, 0.25) is 0 Å². The van der Waals surface area contributed by atoms with Crippen LogP contribution in [-0.2, 0) is 0 Å². The van der Waals surface area contributed by atoms with E-state index in [1.165, 1.54) is 12.3 Å². The van der Waals surface area contributed by atoms with Crippen molar-refractivity contribution in [3.05, 3.63) is 58.0 Å². The number of nitro groups is 1. The van der Waals surface area contributed by atoms with Gasteiger partial charge in [0.2, 0.25) is 0 Å². The van der Waals surface area contributed by atoms with Crippen LogP contribution in [0.4, 0.5) is 11.4 Å². The summed E-state index contributed by atoms with van der Waals surface area (Å²) in [6, 6.07) is 7.76. The van der Waals surface area contributed by atoms with E-state index in [9.17, 15) is 15.2 Å². The molecule has 19 heavy (non-hydrogen) atoms. The van der Waals surface area contributed by atoms with Crippen LogP contribution in [0.15, 0.2) is 41.0 Å². The molecule has 1 unspecified atom stereocenters. The quantitative estimate of drug-likeness (QED) is 0.638. The number of aliphatic hydroxyl groups is 1. The summed E-state index contributed by atoms with van der Waals surface area (Å²) in [5, 5.41) is 23.3. The van der Waals surface area contributed by atoms with E-state index in [4.69, 9.17) is 4.42 Å². The van der Waals surface area contributed by atoms with E-state index in [-0.39, 0.29) is 12.3 Å². The number of aryl methyl sites for hydroxylation is 1. The van der Waals surface area contributed by atoms with Crippen molar-refractivity contribution < 1.29 is 14.4 Å². The maximum atomic E-state index is 11.0.